The van der Waals surface area contributed by atoms with Crippen LogP contribution in [0.5, 0.6) is 0 Å². The zero-order chi connectivity index (χ0) is 19.5. The Morgan fingerprint density at radius 1 is 1.29 bits per heavy atom. The van der Waals surface area contributed by atoms with E-state index in [4.69, 9.17) is 14.7 Å². The molecule has 2 aromatic rings. The lowest BCUT2D eigenvalue weighted by Crippen LogP contribution is -2.40. The van der Waals surface area contributed by atoms with Gasteiger partial charge in [0.1, 0.15) is 5.82 Å². The summed E-state index contributed by atoms with van der Waals surface area (Å²) in [7, 11) is 2.05. The van der Waals surface area contributed by atoms with Crippen molar-refractivity contribution in [1.82, 2.24) is 14.9 Å². The molecule has 0 aromatic carbocycles. The number of rotatable bonds is 5. The first-order chi connectivity index (χ1) is 13.7. The summed E-state index contributed by atoms with van der Waals surface area (Å²) >= 11 is 1.63. The lowest BCUT2D eigenvalue weighted by molar-refractivity contribution is -0.131. The molecule has 0 unspecified atom stereocenters. The fourth-order valence-electron chi connectivity index (χ4n) is 3.64. The minimum Gasteiger partial charge on any atom is -0.378 e. The number of morpholine rings is 1. The van der Waals surface area contributed by atoms with Gasteiger partial charge >= 0.3 is 0 Å². The lowest BCUT2D eigenvalue weighted by atomic mass is 10.0. The number of thiophene rings is 1. The third-order valence-electron chi connectivity index (χ3n) is 5.41. The van der Waals surface area contributed by atoms with Crippen molar-refractivity contribution in [3.05, 3.63) is 33.6 Å². The van der Waals surface area contributed by atoms with Crippen molar-refractivity contribution < 1.29 is 9.53 Å². The van der Waals surface area contributed by atoms with Gasteiger partial charge in [-0.1, -0.05) is 6.07 Å². The van der Waals surface area contributed by atoms with E-state index in [1.165, 1.54) is 0 Å². The Morgan fingerprint density at radius 2 is 2.11 bits per heavy atom. The molecule has 0 N–H and O–H groups in total. The van der Waals surface area contributed by atoms with Crippen molar-refractivity contribution in [2.24, 2.45) is 0 Å². The molecule has 4 rings (SSSR count). The van der Waals surface area contributed by atoms with Crippen LogP contribution in [0.2, 0.25) is 0 Å². The number of nitrogens with zero attached hydrogens (tertiary/aromatic N) is 5. The van der Waals surface area contributed by atoms with E-state index in [-0.39, 0.29) is 5.91 Å². The van der Waals surface area contributed by atoms with Gasteiger partial charge in [0.15, 0.2) is 0 Å². The number of hydrogen-bond donors (Lipinski definition) is 0. The van der Waals surface area contributed by atoms with Crippen LogP contribution in [-0.2, 0) is 28.9 Å². The molecule has 1 fully saturated rings. The molecule has 1 saturated heterocycles. The van der Waals surface area contributed by atoms with Gasteiger partial charge in [-0.15, -0.1) is 11.3 Å². The monoisotopic (exact) mass is 401 g/mol. The number of ether oxygens (including phenoxy) is 1. The van der Waals surface area contributed by atoms with Gasteiger partial charge in [0, 0.05) is 50.1 Å². The first-order valence-electron chi connectivity index (χ1n) is 9.89. The second-order valence-electron chi connectivity index (χ2n) is 7.21. The molecule has 0 radical (unpaired) electrons. The maximum atomic E-state index is 12.8. The molecular weight excluding hydrogens is 374 g/mol. The van der Waals surface area contributed by atoms with E-state index in [0.29, 0.717) is 32.7 Å². The Morgan fingerprint density at radius 3 is 2.82 bits per heavy atom. The van der Waals surface area contributed by atoms with Gasteiger partial charge in [-0.05, 0) is 18.4 Å². The van der Waals surface area contributed by atoms with Gasteiger partial charge in [0.25, 0.3) is 0 Å². The van der Waals surface area contributed by atoms with Gasteiger partial charge < -0.3 is 19.4 Å². The van der Waals surface area contributed by atoms with Crippen molar-refractivity contribution >= 4 is 29.0 Å². The SMILES string of the molecule is CCN(C)c1nc(N2CCOCC2)nc2c1CN(C(=O)Cc1cccs1)CC2. The van der Waals surface area contributed by atoms with Crippen molar-refractivity contribution in [3.8, 4) is 0 Å². The molecule has 150 valence electrons. The Labute approximate surface area is 169 Å². The molecule has 4 heterocycles. The zero-order valence-electron chi connectivity index (χ0n) is 16.6. The summed E-state index contributed by atoms with van der Waals surface area (Å²) < 4.78 is 5.47. The van der Waals surface area contributed by atoms with Crippen LogP contribution in [0.25, 0.3) is 0 Å². The highest BCUT2D eigenvalue weighted by Crippen LogP contribution is 2.29. The summed E-state index contributed by atoms with van der Waals surface area (Å²) in [4.78, 5) is 30.0. The molecule has 8 heteroatoms. The highest BCUT2D eigenvalue weighted by Gasteiger charge is 2.28. The number of anilines is 2. The Kier molecular flexibility index (Phi) is 5.77. The molecule has 0 bridgehead atoms. The molecule has 2 aliphatic heterocycles. The fraction of sp³-hybridized carbons (Fsp3) is 0.550. The predicted octanol–water partition coefficient (Wildman–Crippen LogP) is 1.96. The van der Waals surface area contributed by atoms with Crippen molar-refractivity contribution in [2.45, 2.75) is 26.3 Å². The molecule has 2 aliphatic rings. The van der Waals surface area contributed by atoms with Crippen LogP contribution in [0, 0.1) is 0 Å². The average Bonchev–Trinajstić information content (AvgIpc) is 3.25. The summed E-state index contributed by atoms with van der Waals surface area (Å²) in [5.74, 6) is 1.91. The van der Waals surface area contributed by atoms with Gasteiger partial charge in [-0.25, -0.2) is 4.98 Å². The van der Waals surface area contributed by atoms with Crippen LogP contribution in [0.3, 0.4) is 0 Å². The third-order valence-corrected chi connectivity index (χ3v) is 6.29. The van der Waals surface area contributed by atoms with Crippen LogP contribution < -0.4 is 9.80 Å². The maximum absolute atomic E-state index is 12.8. The first kappa shape index (κ1) is 19.1. The zero-order valence-corrected chi connectivity index (χ0v) is 17.4. The van der Waals surface area contributed by atoms with Crippen molar-refractivity contribution in [3.63, 3.8) is 0 Å². The summed E-state index contributed by atoms with van der Waals surface area (Å²) in [6.07, 6.45) is 1.24. The van der Waals surface area contributed by atoms with E-state index in [1.54, 1.807) is 11.3 Å². The molecular formula is C20H27N5O2S. The van der Waals surface area contributed by atoms with Crippen LogP contribution >= 0.6 is 11.3 Å². The normalized spacial score (nSPS) is 16.8. The number of carbonyl (C=O) groups excluding carboxylic acids is 1. The molecule has 28 heavy (non-hydrogen) atoms. The molecule has 7 nitrogen and oxygen atoms in total. The van der Waals surface area contributed by atoms with E-state index >= 15 is 0 Å². The minimum absolute atomic E-state index is 0.176. The maximum Gasteiger partial charge on any atom is 0.228 e. The summed E-state index contributed by atoms with van der Waals surface area (Å²) in [5.41, 5.74) is 2.17. The Hall–Kier alpha value is -2.19. The predicted molar refractivity (Wildman–Crippen MR) is 111 cm³/mol. The van der Waals surface area contributed by atoms with E-state index in [2.05, 4.69) is 23.8 Å². The molecule has 2 aromatic heterocycles. The number of aromatic nitrogens is 2. The quantitative estimate of drug-likeness (QED) is 0.763. The average molecular weight is 402 g/mol. The highest BCUT2D eigenvalue weighted by atomic mass is 32.1. The second-order valence-corrected chi connectivity index (χ2v) is 8.24. The Bertz CT molecular complexity index is 820. The van der Waals surface area contributed by atoms with Crippen LogP contribution in [-0.4, -0.2) is 67.2 Å². The van der Waals surface area contributed by atoms with Gasteiger partial charge in [0.2, 0.25) is 11.9 Å². The molecule has 1 amide bonds. The van der Waals surface area contributed by atoms with Crippen LogP contribution in [0.4, 0.5) is 11.8 Å². The standard InChI is InChI=1S/C20H27N5O2S/c1-3-23(2)19-16-14-25(18(26)13-15-5-4-12-28-15)7-6-17(16)21-20(22-19)24-8-10-27-11-9-24/h4-5,12H,3,6-11,13-14H2,1-2H3. The first-order valence-corrected chi connectivity index (χ1v) is 10.8. The van der Waals surface area contributed by atoms with Gasteiger partial charge in [-0.2, -0.15) is 4.98 Å². The second kappa shape index (κ2) is 8.45. The number of hydrogen-bond acceptors (Lipinski definition) is 7. The smallest absolute Gasteiger partial charge is 0.228 e. The van der Waals surface area contributed by atoms with Crippen LogP contribution in [0.15, 0.2) is 17.5 Å². The fourth-order valence-corrected chi connectivity index (χ4v) is 4.34. The van der Waals surface area contributed by atoms with E-state index < -0.39 is 0 Å². The Balaban J connectivity index is 1.59. The van der Waals surface area contributed by atoms with Gasteiger partial charge in [-0.3, -0.25) is 4.79 Å². The summed E-state index contributed by atoms with van der Waals surface area (Å²) in [5, 5.41) is 2.02. The number of fused-ring (bicyclic) bond motifs is 1. The number of amides is 1. The summed E-state index contributed by atoms with van der Waals surface area (Å²) in [6, 6.07) is 4.02. The van der Waals surface area contributed by atoms with Crippen LogP contribution in [0.1, 0.15) is 23.1 Å². The topological polar surface area (TPSA) is 61.8 Å². The van der Waals surface area contributed by atoms with Gasteiger partial charge in [0.05, 0.1) is 31.9 Å². The molecule has 0 spiro atoms. The van der Waals surface area contributed by atoms with Crippen molar-refractivity contribution in [1.29, 1.82) is 0 Å². The summed E-state index contributed by atoms with van der Waals surface area (Å²) in [6.45, 7) is 7.34. The highest BCUT2D eigenvalue weighted by molar-refractivity contribution is 7.10. The van der Waals surface area contributed by atoms with E-state index in [1.807, 2.05) is 22.4 Å². The lowest BCUT2D eigenvalue weighted by Gasteiger charge is -2.33. The molecule has 0 aliphatic carbocycles. The molecule has 0 saturated carbocycles. The minimum atomic E-state index is 0.176. The third kappa shape index (κ3) is 3.98. The van der Waals surface area contributed by atoms with E-state index in [0.717, 1.165) is 54.0 Å². The number of carbonyl (C=O) groups is 1. The molecule has 0 atom stereocenters. The van der Waals surface area contributed by atoms with E-state index in [9.17, 15) is 4.79 Å². The van der Waals surface area contributed by atoms with Crippen molar-refractivity contribution in [2.75, 3.05) is 56.2 Å². The largest absolute Gasteiger partial charge is 0.378 e.